The summed E-state index contributed by atoms with van der Waals surface area (Å²) < 4.78 is 0. The Morgan fingerprint density at radius 1 is 1.11 bits per heavy atom. The molecule has 108 valence electrons. The fourth-order valence-electron chi connectivity index (χ4n) is 3.74. The van der Waals surface area contributed by atoms with Crippen molar-refractivity contribution >= 4 is 11.9 Å². The Morgan fingerprint density at radius 2 is 1.74 bits per heavy atom. The summed E-state index contributed by atoms with van der Waals surface area (Å²) in [5.41, 5.74) is -0.749. The molecule has 2 aliphatic rings. The zero-order valence-corrected chi connectivity index (χ0v) is 12.2. The van der Waals surface area contributed by atoms with Crippen LogP contribution in [0, 0.1) is 16.7 Å². The van der Waals surface area contributed by atoms with Crippen LogP contribution in [0.15, 0.2) is 0 Å². The first-order valence-corrected chi connectivity index (χ1v) is 7.31. The summed E-state index contributed by atoms with van der Waals surface area (Å²) in [7, 11) is 0. The van der Waals surface area contributed by atoms with Crippen LogP contribution in [0.3, 0.4) is 0 Å². The molecule has 2 saturated carbocycles. The molecule has 2 rings (SSSR count). The number of carboxylic acids is 1. The quantitative estimate of drug-likeness (QED) is 0.826. The second kappa shape index (κ2) is 4.80. The van der Waals surface area contributed by atoms with Gasteiger partial charge in [0.1, 0.15) is 0 Å². The molecule has 19 heavy (non-hydrogen) atoms. The Morgan fingerprint density at radius 3 is 2.26 bits per heavy atom. The molecule has 4 nitrogen and oxygen atoms in total. The molecule has 3 atom stereocenters. The van der Waals surface area contributed by atoms with Gasteiger partial charge in [0.25, 0.3) is 0 Å². The van der Waals surface area contributed by atoms with E-state index in [1.165, 1.54) is 0 Å². The van der Waals surface area contributed by atoms with E-state index < -0.39 is 11.4 Å². The third kappa shape index (κ3) is 2.49. The molecular weight excluding hydrogens is 242 g/mol. The number of carbonyl (C=O) groups is 2. The molecule has 0 radical (unpaired) electrons. The van der Waals surface area contributed by atoms with Gasteiger partial charge in [-0.2, -0.15) is 0 Å². The van der Waals surface area contributed by atoms with Crippen molar-refractivity contribution in [1.82, 2.24) is 5.32 Å². The number of carbonyl (C=O) groups excluding carboxylic acids is 1. The highest BCUT2D eigenvalue weighted by molar-refractivity contribution is 5.82. The van der Waals surface area contributed by atoms with Crippen LogP contribution in [0.25, 0.3) is 0 Å². The van der Waals surface area contributed by atoms with Gasteiger partial charge < -0.3 is 10.4 Å². The highest BCUT2D eigenvalue weighted by atomic mass is 16.4. The van der Waals surface area contributed by atoms with Crippen molar-refractivity contribution in [3.63, 3.8) is 0 Å². The van der Waals surface area contributed by atoms with Crippen LogP contribution in [-0.2, 0) is 9.59 Å². The monoisotopic (exact) mass is 267 g/mol. The van der Waals surface area contributed by atoms with E-state index >= 15 is 0 Å². The van der Waals surface area contributed by atoms with Gasteiger partial charge in [0.05, 0.1) is 5.41 Å². The van der Waals surface area contributed by atoms with E-state index in [4.69, 9.17) is 0 Å². The molecule has 0 saturated heterocycles. The fourth-order valence-corrected chi connectivity index (χ4v) is 3.74. The van der Waals surface area contributed by atoms with Crippen molar-refractivity contribution in [2.45, 2.75) is 65.3 Å². The molecule has 0 aliphatic heterocycles. The molecule has 0 aromatic rings. The van der Waals surface area contributed by atoms with Crippen molar-refractivity contribution in [3.8, 4) is 0 Å². The number of hydrogen-bond donors (Lipinski definition) is 2. The van der Waals surface area contributed by atoms with E-state index in [-0.39, 0.29) is 23.3 Å². The average molecular weight is 267 g/mol. The summed E-state index contributed by atoms with van der Waals surface area (Å²) in [6.07, 6.45) is 5.40. The van der Waals surface area contributed by atoms with Gasteiger partial charge in [0, 0.05) is 12.0 Å². The fraction of sp³-hybridized carbons (Fsp3) is 0.867. The molecule has 0 aromatic heterocycles. The Bertz CT molecular complexity index is 391. The standard InChI is InChI=1S/C15H25NO3/c1-14(2)8-4-6-10(14)12(17)16-11-7-5-9-15(11,3)13(18)19/h10-11H,4-9H2,1-3H3,(H,16,17)(H,18,19). The van der Waals surface area contributed by atoms with Crippen LogP contribution in [0.2, 0.25) is 0 Å². The summed E-state index contributed by atoms with van der Waals surface area (Å²) in [5.74, 6) is -0.700. The molecule has 3 unspecified atom stereocenters. The lowest BCUT2D eigenvalue weighted by Crippen LogP contribution is -2.49. The van der Waals surface area contributed by atoms with Crippen molar-refractivity contribution in [3.05, 3.63) is 0 Å². The van der Waals surface area contributed by atoms with Gasteiger partial charge in [-0.05, 0) is 38.0 Å². The average Bonchev–Trinajstić information content (AvgIpc) is 2.83. The van der Waals surface area contributed by atoms with E-state index in [2.05, 4.69) is 19.2 Å². The topological polar surface area (TPSA) is 66.4 Å². The van der Waals surface area contributed by atoms with Crippen LogP contribution >= 0.6 is 0 Å². The maximum absolute atomic E-state index is 12.4. The van der Waals surface area contributed by atoms with Gasteiger partial charge in [-0.1, -0.05) is 26.7 Å². The number of amides is 1. The molecule has 0 spiro atoms. The minimum atomic E-state index is -0.793. The lowest BCUT2D eigenvalue weighted by Gasteiger charge is -2.32. The van der Waals surface area contributed by atoms with E-state index in [0.29, 0.717) is 6.42 Å². The van der Waals surface area contributed by atoms with Crippen LogP contribution in [0.4, 0.5) is 0 Å². The number of rotatable bonds is 3. The Labute approximate surface area is 115 Å². The minimum Gasteiger partial charge on any atom is -0.481 e. The molecule has 2 fully saturated rings. The van der Waals surface area contributed by atoms with Crippen molar-refractivity contribution in [2.24, 2.45) is 16.7 Å². The zero-order chi connectivity index (χ0) is 14.3. The van der Waals surface area contributed by atoms with Gasteiger partial charge >= 0.3 is 5.97 Å². The predicted molar refractivity (Wildman–Crippen MR) is 72.6 cm³/mol. The minimum absolute atomic E-state index is 0.0335. The predicted octanol–water partition coefficient (Wildman–Crippen LogP) is 2.57. The maximum atomic E-state index is 12.4. The van der Waals surface area contributed by atoms with Gasteiger partial charge in [0.2, 0.25) is 5.91 Å². The van der Waals surface area contributed by atoms with Crippen molar-refractivity contribution in [2.75, 3.05) is 0 Å². The highest BCUT2D eigenvalue weighted by Gasteiger charge is 2.47. The molecule has 2 aliphatic carbocycles. The van der Waals surface area contributed by atoms with Gasteiger partial charge in [-0.3, -0.25) is 9.59 Å². The van der Waals surface area contributed by atoms with Crippen LogP contribution in [0.1, 0.15) is 59.3 Å². The first-order valence-electron chi connectivity index (χ1n) is 7.31. The molecule has 0 aromatic carbocycles. The lowest BCUT2D eigenvalue weighted by atomic mass is 9.80. The van der Waals surface area contributed by atoms with Crippen LogP contribution in [0.5, 0.6) is 0 Å². The van der Waals surface area contributed by atoms with E-state index in [1.807, 2.05) is 0 Å². The number of aliphatic carboxylic acids is 1. The molecule has 0 heterocycles. The summed E-state index contributed by atoms with van der Waals surface area (Å²) >= 11 is 0. The normalized spacial score (nSPS) is 37.2. The molecule has 4 heteroatoms. The van der Waals surface area contributed by atoms with E-state index in [9.17, 15) is 14.7 Å². The first kappa shape index (κ1) is 14.4. The third-order valence-corrected chi connectivity index (χ3v) is 5.34. The smallest absolute Gasteiger partial charge is 0.311 e. The third-order valence-electron chi connectivity index (χ3n) is 5.34. The first-order chi connectivity index (χ1) is 8.77. The number of carboxylic acid groups (broad SMARTS) is 1. The summed E-state index contributed by atoms with van der Waals surface area (Å²) in [6.45, 7) is 6.03. The van der Waals surface area contributed by atoms with E-state index in [0.717, 1.165) is 32.1 Å². The van der Waals surface area contributed by atoms with E-state index in [1.54, 1.807) is 6.92 Å². The number of hydrogen-bond acceptors (Lipinski definition) is 2. The van der Waals surface area contributed by atoms with Gasteiger partial charge in [0.15, 0.2) is 0 Å². The molecular formula is C15H25NO3. The van der Waals surface area contributed by atoms with Crippen LogP contribution < -0.4 is 5.32 Å². The Kier molecular flexibility index (Phi) is 3.63. The molecule has 1 amide bonds. The molecule has 0 bridgehead atoms. The zero-order valence-electron chi connectivity index (χ0n) is 12.2. The summed E-state index contributed by atoms with van der Waals surface area (Å²) in [4.78, 5) is 23.8. The second-order valence-electron chi connectivity index (χ2n) is 7.11. The largest absolute Gasteiger partial charge is 0.481 e. The highest BCUT2D eigenvalue weighted by Crippen LogP contribution is 2.44. The lowest BCUT2D eigenvalue weighted by molar-refractivity contribution is -0.149. The summed E-state index contributed by atoms with van der Waals surface area (Å²) in [5, 5.41) is 12.4. The van der Waals surface area contributed by atoms with Gasteiger partial charge in [-0.15, -0.1) is 0 Å². The molecule has 2 N–H and O–H groups in total. The SMILES string of the molecule is CC1(C)CCCC1C(=O)NC1CCCC1(C)C(=O)O. The van der Waals surface area contributed by atoms with Crippen molar-refractivity contribution < 1.29 is 14.7 Å². The Hall–Kier alpha value is -1.06. The Balaban J connectivity index is 2.05. The van der Waals surface area contributed by atoms with Gasteiger partial charge in [-0.25, -0.2) is 0 Å². The summed E-state index contributed by atoms with van der Waals surface area (Å²) in [6, 6.07) is -0.214. The number of nitrogens with one attached hydrogen (secondary N) is 1. The van der Waals surface area contributed by atoms with Crippen LogP contribution in [-0.4, -0.2) is 23.0 Å². The van der Waals surface area contributed by atoms with Crippen molar-refractivity contribution in [1.29, 1.82) is 0 Å². The second-order valence-corrected chi connectivity index (χ2v) is 7.11. The maximum Gasteiger partial charge on any atom is 0.311 e.